The number of carboxylic acid groups (broad SMARTS) is 1. The first kappa shape index (κ1) is 14.1. The van der Waals surface area contributed by atoms with Crippen molar-refractivity contribution in [3.05, 3.63) is 0 Å². The fourth-order valence-electron chi connectivity index (χ4n) is 1.79. The SMILES string of the molecule is CSCCCNC(=O)N1CC(O)C[C@H]1C(=O)O. The lowest BCUT2D eigenvalue weighted by Gasteiger charge is -2.21. The van der Waals surface area contributed by atoms with Crippen molar-refractivity contribution in [3.63, 3.8) is 0 Å². The van der Waals surface area contributed by atoms with Gasteiger partial charge in [-0.3, -0.25) is 0 Å². The highest BCUT2D eigenvalue weighted by molar-refractivity contribution is 7.98. The van der Waals surface area contributed by atoms with Crippen LogP contribution in [0.1, 0.15) is 12.8 Å². The van der Waals surface area contributed by atoms with E-state index in [-0.39, 0.29) is 13.0 Å². The first-order valence-corrected chi connectivity index (χ1v) is 6.90. The van der Waals surface area contributed by atoms with Crippen LogP contribution >= 0.6 is 11.8 Å². The van der Waals surface area contributed by atoms with Gasteiger partial charge in [-0.05, 0) is 18.4 Å². The Morgan fingerprint density at radius 2 is 2.24 bits per heavy atom. The molecule has 1 aliphatic rings. The minimum Gasteiger partial charge on any atom is -0.480 e. The number of nitrogens with zero attached hydrogens (tertiary/aromatic N) is 1. The van der Waals surface area contributed by atoms with E-state index in [1.54, 1.807) is 11.8 Å². The maximum absolute atomic E-state index is 11.7. The molecule has 2 amide bonds. The van der Waals surface area contributed by atoms with Crippen molar-refractivity contribution < 1.29 is 19.8 Å². The zero-order valence-corrected chi connectivity index (χ0v) is 10.6. The average Bonchev–Trinajstić information content (AvgIpc) is 2.66. The molecule has 17 heavy (non-hydrogen) atoms. The smallest absolute Gasteiger partial charge is 0.326 e. The van der Waals surface area contributed by atoms with Gasteiger partial charge in [-0.1, -0.05) is 0 Å². The van der Waals surface area contributed by atoms with Crippen LogP contribution in [0.25, 0.3) is 0 Å². The molecule has 1 unspecified atom stereocenters. The molecule has 0 aromatic rings. The van der Waals surface area contributed by atoms with Crippen LogP contribution in [0.5, 0.6) is 0 Å². The van der Waals surface area contributed by atoms with Gasteiger partial charge in [-0.2, -0.15) is 11.8 Å². The van der Waals surface area contributed by atoms with E-state index in [2.05, 4.69) is 5.32 Å². The molecule has 0 spiro atoms. The Morgan fingerprint density at radius 3 is 2.82 bits per heavy atom. The summed E-state index contributed by atoms with van der Waals surface area (Å²) in [6.45, 7) is 0.615. The van der Waals surface area contributed by atoms with Crippen LogP contribution in [-0.2, 0) is 4.79 Å². The van der Waals surface area contributed by atoms with Crippen molar-refractivity contribution in [3.8, 4) is 0 Å². The summed E-state index contributed by atoms with van der Waals surface area (Å²) in [5, 5.41) is 21.0. The summed E-state index contributed by atoms with van der Waals surface area (Å²) in [6.07, 6.45) is 2.20. The lowest BCUT2D eigenvalue weighted by Crippen LogP contribution is -2.46. The monoisotopic (exact) mass is 262 g/mol. The molecule has 6 nitrogen and oxygen atoms in total. The first-order valence-electron chi connectivity index (χ1n) is 5.50. The summed E-state index contributed by atoms with van der Waals surface area (Å²) in [6, 6.07) is -1.32. The molecule has 1 aliphatic heterocycles. The minimum absolute atomic E-state index is 0.0886. The Hall–Kier alpha value is -0.950. The van der Waals surface area contributed by atoms with E-state index in [0.717, 1.165) is 12.2 Å². The molecule has 98 valence electrons. The number of aliphatic hydroxyl groups excluding tert-OH is 1. The van der Waals surface area contributed by atoms with Crippen molar-refractivity contribution >= 4 is 23.8 Å². The van der Waals surface area contributed by atoms with Gasteiger partial charge in [0.1, 0.15) is 6.04 Å². The normalized spacial score (nSPS) is 23.8. The molecule has 0 aliphatic carbocycles. The second-order valence-electron chi connectivity index (χ2n) is 3.97. The van der Waals surface area contributed by atoms with Crippen molar-refractivity contribution in [1.29, 1.82) is 0 Å². The summed E-state index contributed by atoms with van der Waals surface area (Å²) in [4.78, 5) is 23.8. The molecule has 0 aromatic heterocycles. The van der Waals surface area contributed by atoms with Crippen molar-refractivity contribution in [2.75, 3.05) is 25.1 Å². The number of aliphatic carboxylic acids is 1. The predicted octanol–water partition coefficient (Wildman–Crippen LogP) is -0.0311. The molecule has 0 saturated carbocycles. The molecule has 1 saturated heterocycles. The number of carbonyl (C=O) groups is 2. The van der Waals surface area contributed by atoms with E-state index >= 15 is 0 Å². The van der Waals surface area contributed by atoms with E-state index < -0.39 is 24.1 Å². The summed E-state index contributed by atoms with van der Waals surface area (Å²) in [7, 11) is 0. The Morgan fingerprint density at radius 1 is 1.53 bits per heavy atom. The van der Waals surface area contributed by atoms with Gasteiger partial charge in [0.25, 0.3) is 0 Å². The topological polar surface area (TPSA) is 89.9 Å². The van der Waals surface area contributed by atoms with Crippen LogP contribution < -0.4 is 5.32 Å². The van der Waals surface area contributed by atoms with Crippen LogP contribution in [0.3, 0.4) is 0 Å². The zero-order valence-electron chi connectivity index (χ0n) is 9.76. The summed E-state index contributed by atoms with van der Waals surface area (Å²) in [5.74, 6) is -0.119. The molecular weight excluding hydrogens is 244 g/mol. The van der Waals surface area contributed by atoms with E-state index in [1.165, 1.54) is 4.90 Å². The van der Waals surface area contributed by atoms with E-state index in [9.17, 15) is 14.7 Å². The highest BCUT2D eigenvalue weighted by Crippen LogP contribution is 2.17. The van der Waals surface area contributed by atoms with E-state index in [4.69, 9.17) is 5.11 Å². The number of thioether (sulfide) groups is 1. The van der Waals surface area contributed by atoms with E-state index in [0.29, 0.717) is 6.54 Å². The lowest BCUT2D eigenvalue weighted by molar-refractivity contribution is -0.141. The number of nitrogens with one attached hydrogen (secondary N) is 1. The predicted molar refractivity (Wildman–Crippen MR) is 65.2 cm³/mol. The second-order valence-corrected chi connectivity index (χ2v) is 4.96. The fourth-order valence-corrected chi connectivity index (χ4v) is 2.22. The largest absolute Gasteiger partial charge is 0.480 e. The van der Waals surface area contributed by atoms with Crippen molar-refractivity contribution in [1.82, 2.24) is 10.2 Å². The van der Waals surface area contributed by atoms with Gasteiger partial charge in [0.05, 0.1) is 6.10 Å². The van der Waals surface area contributed by atoms with Gasteiger partial charge < -0.3 is 20.4 Å². The third kappa shape index (κ3) is 4.08. The molecule has 1 fully saturated rings. The summed E-state index contributed by atoms with van der Waals surface area (Å²) >= 11 is 1.69. The molecule has 3 N–H and O–H groups in total. The third-order valence-electron chi connectivity index (χ3n) is 2.63. The Bertz CT molecular complexity index is 287. The Labute approximate surface area is 104 Å². The van der Waals surface area contributed by atoms with Gasteiger partial charge in [0.15, 0.2) is 0 Å². The molecule has 1 rings (SSSR count). The third-order valence-corrected chi connectivity index (χ3v) is 3.32. The maximum atomic E-state index is 11.7. The van der Waals surface area contributed by atoms with Crippen LogP contribution in [0.4, 0.5) is 4.79 Å². The molecule has 7 heteroatoms. The average molecular weight is 262 g/mol. The molecular formula is C10H18N2O4S. The van der Waals surface area contributed by atoms with Crippen LogP contribution in [0, 0.1) is 0 Å². The Kier molecular flexibility index (Phi) is 5.57. The standard InChI is InChI=1S/C10H18N2O4S/c1-17-4-2-3-11-10(16)12-6-7(13)5-8(12)9(14)15/h7-8,13H,2-6H2,1H3,(H,11,16)(H,14,15)/t7?,8-/m0/s1. The number of amides is 2. The Balaban J connectivity index is 2.41. The van der Waals surface area contributed by atoms with Gasteiger partial charge in [-0.25, -0.2) is 9.59 Å². The molecule has 0 bridgehead atoms. The number of likely N-dealkylation sites (tertiary alicyclic amines) is 1. The first-order chi connectivity index (χ1) is 8.06. The number of rotatable bonds is 5. The zero-order chi connectivity index (χ0) is 12.8. The molecule has 0 radical (unpaired) electrons. The number of carbonyl (C=O) groups excluding carboxylic acids is 1. The van der Waals surface area contributed by atoms with E-state index in [1.807, 2.05) is 6.26 Å². The minimum atomic E-state index is -1.07. The number of β-amino-alcohol motifs (C(OH)–C–C–N with tert-alkyl or cyclic N) is 1. The van der Waals surface area contributed by atoms with Crippen molar-refractivity contribution in [2.45, 2.75) is 25.0 Å². The number of hydrogen-bond donors (Lipinski definition) is 3. The maximum Gasteiger partial charge on any atom is 0.326 e. The number of aliphatic hydroxyl groups is 1. The highest BCUT2D eigenvalue weighted by atomic mass is 32.2. The van der Waals surface area contributed by atoms with Crippen LogP contribution in [0.2, 0.25) is 0 Å². The quantitative estimate of drug-likeness (QED) is 0.605. The van der Waals surface area contributed by atoms with Gasteiger partial charge in [0.2, 0.25) is 0 Å². The molecule has 1 heterocycles. The number of urea groups is 1. The van der Waals surface area contributed by atoms with Gasteiger partial charge in [-0.15, -0.1) is 0 Å². The summed E-state index contributed by atoms with van der Waals surface area (Å²) < 4.78 is 0. The highest BCUT2D eigenvalue weighted by Gasteiger charge is 2.38. The van der Waals surface area contributed by atoms with Gasteiger partial charge in [0, 0.05) is 19.5 Å². The van der Waals surface area contributed by atoms with Crippen molar-refractivity contribution in [2.24, 2.45) is 0 Å². The summed E-state index contributed by atoms with van der Waals surface area (Å²) in [5.41, 5.74) is 0. The molecule has 2 atom stereocenters. The second kappa shape index (κ2) is 6.70. The van der Waals surface area contributed by atoms with Crippen LogP contribution in [0.15, 0.2) is 0 Å². The number of hydrogen-bond acceptors (Lipinski definition) is 4. The fraction of sp³-hybridized carbons (Fsp3) is 0.800. The number of carboxylic acids is 1. The van der Waals surface area contributed by atoms with Gasteiger partial charge >= 0.3 is 12.0 Å². The molecule has 0 aromatic carbocycles. The lowest BCUT2D eigenvalue weighted by atomic mass is 10.2. The van der Waals surface area contributed by atoms with Crippen LogP contribution in [-0.4, -0.2) is 64.4 Å².